The number of carbonyl (C=O) groups excluding carboxylic acids is 1. The molecule has 0 radical (unpaired) electrons. The maximum atomic E-state index is 12.2. The van der Waals surface area contributed by atoms with E-state index in [0.29, 0.717) is 0 Å². The molecule has 0 spiro atoms. The first kappa shape index (κ1) is 13.1. The summed E-state index contributed by atoms with van der Waals surface area (Å²) in [5, 5.41) is 15.0. The van der Waals surface area contributed by atoms with Crippen LogP contribution in [0.1, 0.15) is 40.6 Å². The van der Waals surface area contributed by atoms with E-state index in [2.05, 4.69) is 20.6 Å². The Morgan fingerprint density at radius 1 is 1.45 bits per heavy atom. The van der Waals surface area contributed by atoms with Crippen molar-refractivity contribution in [2.75, 3.05) is 0 Å². The molecule has 104 valence electrons. The summed E-state index contributed by atoms with van der Waals surface area (Å²) in [6, 6.07) is 3.11. The van der Waals surface area contributed by atoms with Crippen molar-refractivity contribution in [3.63, 3.8) is 0 Å². The van der Waals surface area contributed by atoms with Gasteiger partial charge in [0, 0.05) is 18.3 Å². The Bertz CT molecular complexity index is 637. The number of nitrogens with one attached hydrogen (secondary N) is 1. The Morgan fingerprint density at radius 2 is 2.30 bits per heavy atom. The van der Waals surface area contributed by atoms with Crippen LogP contribution in [0.3, 0.4) is 0 Å². The van der Waals surface area contributed by atoms with Crippen LogP contribution in [0, 0.1) is 0 Å². The van der Waals surface area contributed by atoms with E-state index in [1.54, 1.807) is 12.1 Å². The van der Waals surface area contributed by atoms with Gasteiger partial charge < -0.3 is 5.32 Å². The number of hydrogen-bond donors (Lipinski definition) is 1. The summed E-state index contributed by atoms with van der Waals surface area (Å²) in [5.74, 6) is -0.240. The lowest BCUT2D eigenvalue weighted by Gasteiger charge is -2.23. The largest absolute Gasteiger partial charge is 0.344 e. The topological polar surface area (TPSA) is 72.7 Å². The molecule has 1 aliphatic rings. The van der Waals surface area contributed by atoms with Crippen molar-refractivity contribution in [3.05, 3.63) is 40.4 Å². The summed E-state index contributed by atoms with van der Waals surface area (Å²) in [5.41, 5.74) is 2.54. The lowest BCUT2D eigenvalue weighted by molar-refractivity contribution is 0.0926. The lowest BCUT2D eigenvalue weighted by atomic mass is 9.93. The quantitative estimate of drug-likeness (QED) is 0.913. The van der Waals surface area contributed by atoms with E-state index in [4.69, 9.17) is 11.6 Å². The van der Waals surface area contributed by atoms with E-state index in [0.717, 1.165) is 24.8 Å². The zero-order valence-electron chi connectivity index (χ0n) is 11.0. The third-order valence-electron chi connectivity index (χ3n) is 3.55. The molecule has 1 atom stereocenters. The fourth-order valence-electron chi connectivity index (χ4n) is 2.53. The van der Waals surface area contributed by atoms with Gasteiger partial charge in [-0.2, -0.15) is 5.10 Å². The van der Waals surface area contributed by atoms with Crippen molar-refractivity contribution in [2.45, 2.75) is 25.3 Å². The van der Waals surface area contributed by atoms with Crippen LogP contribution in [0.25, 0.3) is 0 Å². The van der Waals surface area contributed by atoms with Gasteiger partial charge in [-0.25, -0.2) is 0 Å². The number of hydrogen-bond acceptors (Lipinski definition) is 4. The molecule has 0 saturated heterocycles. The molecular formula is C13H14ClN5O. The zero-order chi connectivity index (χ0) is 14.1. The van der Waals surface area contributed by atoms with Crippen LogP contribution >= 0.6 is 11.6 Å². The van der Waals surface area contributed by atoms with Gasteiger partial charge in [-0.15, -0.1) is 10.2 Å². The van der Waals surface area contributed by atoms with E-state index in [1.807, 2.05) is 17.9 Å². The Hall–Kier alpha value is -1.95. The lowest BCUT2D eigenvalue weighted by Crippen LogP contribution is -2.31. The molecule has 1 N–H and O–H groups in total. The maximum Gasteiger partial charge on any atom is 0.272 e. The summed E-state index contributed by atoms with van der Waals surface area (Å²) < 4.78 is 1.87. The fraction of sp³-hybridized carbons (Fsp3) is 0.385. The maximum absolute atomic E-state index is 12.2. The number of carbonyl (C=O) groups is 1. The van der Waals surface area contributed by atoms with Crippen molar-refractivity contribution in [1.82, 2.24) is 25.3 Å². The van der Waals surface area contributed by atoms with Gasteiger partial charge in [0.2, 0.25) is 0 Å². The molecule has 0 aliphatic heterocycles. The van der Waals surface area contributed by atoms with E-state index in [9.17, 15) is 4.79 Å². The molecule has 1 unspecified atom stereocenters. The van der Waals surface area contributed by atoms with Crippen LogP contribution < -0.4 is 5.32 Å². The van der Waals surface area contributed by atoms with Gasteiger partial charge in [-0.3, -0.25) is 9.48 Å². The summed E-state index contributed by atoms with van der Waals surface area (Å²) >= 11 is 5.66. The standard InChI is InChI=1S/C13H14ClN5O/c1-19-11-4-2-3-9(8(11)7-15-19)16-13(20)10-5-6-12(14)18-17-10/h5-7,9H,2-4H2,1H3,(H,16,20). The third kappa shape index (κ3) is 2.38. The van der Waals surface area contributed by atoms with Gasteiger partial charge in [0.05, 0.1) is 12.2 Å². The monoisotopic (exact) mass is 291 g/mol. The van der Waals surface area contributed by atoms with Gasteiger partial charge in [-0.05, 0) is 31.4 Å². The molecule has 2 aromatic heterocycles. The van der Waals surface area contributed by atoms with Crippen LogP contribution in [0.15, 0.2) is 18.3 Å². The van der Waals surface area contributed by atoms with E-state index >= 15 is 0 Å². The number of halogens is 1. The molecule has 7 heteroatoms. The van der Waals surface area contributed by atoms with Crippen molar-refractivity contribution in [1.29, 1.82) is 0 Å². The Labute approximate surface area is 121 Å². The molecule has 0 bridgehead atoms. The van der Waals surface area contributed by atoms with Gasteiger partial charge in [0.25, 0.3) is 5.91 Å². The smallest absolute Gasteiger partial charge is 0.272 e. The minimum Gasteiger partial charge on any atom is -0.344 e. The minimum absolute atomic E-state index is 0.0163. The molecule has 6 nitrogen and oxygen atoms in total. The van der Waals surface area contributed by atoms with Crippen molar-refractivity contribution < 1.29 is 4.79 Å². The predicted molar refractivity (Wildman–Crippen MR) is 73.4 cm³/mol. The second-order valence-electron chi connectivity index (χ2n) is 4.83. The first-order valence-electron chi connectivity index (χ1n) is 6.46. The van der Waals surface area contributed by atoms with E-state index in [1.165, 1.54) is 5.69 Å². The van der Waals surface area contributed by atoms with Crippen LogP contribution in [0.5, 0.6) is 0 Å². The average Bonchev–Trinajstić information content (AvgIpc) is 2.82. The molecule has 0 saturated carbocycles. The summed E-state index contributed by atoms with van der Waals surface area (Å²) in [4.78, 5) is 12.2. The normalized spacial score (nSPS) is 17.6. The summed E-state index contributed by atoms with van der Waals surface area (Å²) in [6.45, 7) is 0. The summed E-state index contributed by atoms with van der Waals surface area (Å²) in [6.07, 6.45) is 4.77. The molecule has 3 rings (SSSR count). The fourth-order valence-corrected chi connectivity index (χ4v) is 2.63. The average molecular weight is 292 g/mol. The first-order valence-corrected chi connectivity index (χ1v) is 6.84. The molecule has 2 heterocycles. The van der Waals surface area contributed by atoms with E-state index in [-0.39, 0.29) is 22.8 Å². The number of amides is 1. The van der Waals surface area contributed by atoms with Crippen LogP contribution in [0.2, 0.25) is 5.15 Å². The van der Waals surface area contributed by atoms with Crippen molar-refractivity contribution in [3.8, 4) is 0 Å². The molecule has 1 amide bonds. The molecular weight excluding hydrogens is 278 g/mol. The number of aryl methyl sites for hydroxylation is 1. The summed E-state index contributed by atoms with van der Waals surface area (Å²) in [7, 11) is 1.92. The highest BCUT2D eigenvalue weighted by molar-refractivity contribution is 6.29. The molecule has 0 fully saturated rings. The molecule has 20 heavy (non-hydrogen) atoms. The minimum atomic E-state index is -0.240. The SMILES string of the molecule is Cn1ncc2c1CCCC2NC(=O)c1ccc(Cl)nn1. The Morgan fingerprint density at radius 3 is 3.05 bits per heavy atom. The Balaban J connectivity index is 1.78. The third-order valence-corrected chi connectivity index (χ3v) is 3.75. The van der Waals surface area contributed by atoms with Gasteiger partial charge in [-0.1, -0.05) is 11.6 Å². The Kier molecular flexibility index (Phi) is 3.40. The second kappa shape index (κ2) is 5.20. The van der Waals surface area contributed by atoms with Crippen molar-refractivity contribution >= 4 is 17.5 Å². The highest BCUT2D eigenvalue weighted by Crippen LogP contribution is 2.29. The molecule has 0 aromatic carbocycles. The molecule has 1 aliphatic carbocycles. The first-order chi connectivity index (χ1) is 9.65. The van der Waals surface area contributed by atoms with Gasteiger partial charge in [0.15, 0.2) is 10.8 Å². The predicted octanol–water partition coefficient (Wildman–Crippen LogP) is 1.67. The van der Waals surface area contributed by atoms with Crippen LogP contribution in [-0.4, -0.2) is 25.9 Å². The number of aromatic nitrogens is 4. The second-order valence-corrected chi connectivity index (χ2v) is 5.22. The number of rotatable bonds is 2. The van der Waals surface area contributed by atoms with Crippen LogP contribution in [0.4, 0.5) is 0 Å². The number of fused-ring (bicyclic) bond motifs is 1. The van der Waals surface area contributed by atoms with Gasteiger partial charge >= 0.3 is 0 Å². The van der Waals surface area contributed by atoms with E-state index < -0.39 is 0 Å². The number of nitrogens with zero attached hydrogens (tertiary/aromatic N) is 4. The zero-order valence-corrected chi connectivity index (χ0v) is 11.8. The van der Waals surface area contributed by atoms with Crippen LogP contribution in [-0.2, 0) is 13.5 Å². The highest BCUT2D eigenvalue weighted by atomic mass is 35.5. The van der Waals surface area contributed by atoms with Gasteiger partial charge in [0.1, 0.15) is 0 Å². The molecule has 2 aromatic rings. The highest BCUT2D eigenvalue weighted by Gasteiger charge is 2.25. The van der Waals surface area contributed by atoms with Crippen molar-refractivity contribution in [2.24, 2.45) is 7.05 Å².